The molecular weight excluding hydrogens is 176 g/mol. The summed E-state index contributed by atoms with van der Waals surface area (Å²) in [6, 6.07) is 3.77. The van der Waals surface area contributed by atoms with Crippen molar-refractivity contribution in [3.8, 4) is 11.8 Å². The molecule has 1 aromatic heterocycles. The largest absolute Gasteiger partial charge is 0.492 e. The quantitative estimate of drug-likeness (QED) is 0.732. The summed E-state index contributed by atoms with van der Waals surface area (Å²) in [5.74, 6) is 1.14. The highest BCUT2D eigenvalue weighted by Gasteiger charge is 2.04. The Morgan fingerprint density at radius 3 is 3.07 bits per heavy atom. The van der Waals surface area contributed by atoms with Gasteiger partial charge >= 0.3 is 0 Å². The van der Waals surface area contributed by atoms with E-state index in [0.717, 1.165) is 6.42 Å². The van der Waals surface area contributed by atoms with Gasteiger partial charge in [-0.3, -0.25) is 4.98 Å². The van der Waals surface area contributed by atoms with Gasteiger partial charge in [-0.2, -0.15) is 5.26 Å². The Bertz CT molecular complexity index is 330. The first-order chi connectivity index (χ1) is 6.77. The second-order valence-electron chi connectivity index (χ2n) is 3.31. The number of hydrogen-bond donors (Lipinski definition) is 0. The predicted molar refractivity (Wildman–Crippen MR) is 53.9 cm³/mol. The minimum absolute atomic E-state index is 0.496. The first kappa shape index (κ1) is 10.5. The van der Waals surface area contributed by atoms with Crippen LogP contribution < -0.4 is 4.74 Å². The first-order valence-corrected chi connectivity index (χ1v) is 4.74. The summed E-state index contributed by atoms with van der Waals surface area (Å²) < 4.78 is 5.52. The molecule has 0 bridgehead atoms. The van der Waals surface area contributed by atoms with E-state index in [1.54, 1.807) is 12.3 Å². The third-order valence-corrected chi connectivity index (χ3v) is 2.12. The van der Waals surface area contributed by atoms with Crippen LogP contribution in [0.1, 0.15) is 25.8 Å². The van der Waals surface area contributed by atoms with Crippen molar-refractivity contribution < 1.29 is 4.74 Å². The van der Waals surface area contributed by atoms with E-state index in [2.05, 4.69) is 18.8 Å². The minimum atomic E-state index is 0.496. The summed E-state index contributed by atoms with van der Waals surface area (Å²) in [6.07, 6.45) is 4.23. The van der Waals surface area contributed by atoms with Crippen molar-refractivity contribution in [1.82, 2.24) is 4.98 Å². The number of rotatable bonds is 4. The third-order valence-electron chi connectivity index (χ3n) is 2.12. The summed E-state index contributed by atoms with van der Waals surface area (Å²) in [5, 5.41) is 8.77. The Kier molecular flexibility index (Phi) is 3.93. The zero-order valence-corrected chi connectivity index (χ0v) is 8.53. The molecule has 1 aromatic rings. The number of nitrogens with zero attached hydrogens (tertiary/aromatic N) is 2. The van der Waals surface area contributed by atoms with Crippen LogP contribution in [0.5, 0.6) is 5.75 Å². The average Bonchev–Trinajstić information content (AvgIpc) is 2.26. The summed E-state index contributed by atoms with van der Waals surface area (Å²) in [4.78, 5) is 3.86. The number of ether oxygens (including phenoxy) is 1. The first-order valence-electron chi connectivity index (χ1n) is 4.74. The zero-order chi connectivity index (χ0) is 10.4. The van der Waals surface area contributed by atoms with E-state index >= 15 is 0 Å². The van der Waals surface area contributed by atoms with E-state index in [0.29, 0.717) is 23.8 Å². The van der Waals surface area contributed by atoms with Crippen LogP contribution in [0.25, 0.3) is 0 Å². The maximum atomic E-state index is 8.77. The van der Waals surface area contributed by atoms with Gasteiger partial charge in [0.2, 0.25) is 0 Å². The van der Waals surface area contributed by atoms with Gasteiger partial charge < -0.3 is 4.74 Å². The summed E-state index contributed by atoms with van der Waals surface area (Å²) in [6.45, 7) is 4.88. The third kappa shape index (κ3) is 2.74. The average molecular weight is 190 g/mol. The van der Waals surface area contributed by atoms with Crippen molar-refractivity contribution in [1.29, 1.82) is 5.26 Å². The highest BCUT2D eigenvalue weighted by Crippen LogP contribution is 2.16. The predicted octanol–water partition coefficient (Wildman–Crippen LogP) is 2.38. The maximum absolute atomic E-state index is 8.77. The molecule has 74 valence electrons. The Balaban J connectivity index is 2.63. The number of nitriles is 1. The highest BCUT2D eigenvalue weighted by molar-refractivity contribution is 5.39. The molecule has 3 heteroatoms. The van der Waals surface area contributed by atoms with Crippen molar-refractivity contribution in [3.05, 3.63) is 24.0 Å². The molecular formula is C11H14N2O. The number of hydrogen-bond acceptors (Lipinski definition) is 3. The van der Waals surface area contributed by atoms with Crippen LogP contribution in [0, 0.1) is 17.2 Å². The molecule has 0 aliphatic rings. The molecule has 0 aliphatic carbocycles. The van der Waals surface area contributed by atoms with Crippen LogP contribution in [0.15, 0.2) is 18.5 Å². The van der Waals surface area contributed by atoms with Crippen LogP contribution >= 0.6 is 0 Å². The van der Waals surface area contributed by atoms with Gasteiger partial charge in [0.15, 0.2) is 0 Å². The normalized spacial score (nSPS) is 11.8. The van der Waals surface area contributed by atoms with E-state index in [1.165, 1.54) is 6.20 Å². The smallest absolute Gasteiger partial charge is 0.140 e. The Morgan fingerprint density at radius 2 is 2.43 bits per heavy atom. The van der Waals surface area contributed by atoms with Crippen LogP contribution in [-0.2, 0) is 0 Å². The van der Waals surface area contributed by atoms with Gasteiger partial charge in [0.1, 0.15) is 17.4 Å². The van der Waals surface area contributed by atoms with E-state index in [4.69, 9.17) is 10.00 Å². The van der Waals surface area contributed by atoms with E-state index in [9.17, 15) is 0 Å². The molecule has 1 unspecified atom stereocenters. The van der Waals surface area contributed by atoms with E-state index in [1.807, 2.05) is 6.07 Å². The van der Waals surface area contributed by atoms with Gasteiger partial charge in [-0.05, 0) is 12.0 Å². The lowest BCUT2D eigenvalue weighted by molar-refractivity contribution is 0.256. The van der Waals surface area contributed by atoms with Gasteiger partial charge in [-0.1, -0.05) is 20.3 Å². The fourth-order valence-corrected chi connectivity index (χ4v) is 0.941. The Labute approximate surface area is 84.3 Å². The van der Waals surface area contributed by atoms with Crippen molar-refractivity contribution in [3.63, 3.8) is 0 Å². The summed E-state index contributed by atoms with van der Waals surface area (Å²) in [7, 11) is 0. The van der Waals surface area contributed by atoms with Crippen molar-refractivity contribution in [2.45, 2.75) is 20.3 Å². The summed E-state index contributed by atoms with van der Waals surface area (Å²) >= 11 is 0. The SMILES string of the molecule is CCC(C)COc1ccncc1C#N. The lowest BCUT2D eigenvalue weighted by Gasteiger charge is -2.11. The fourth-order valence-electron chi connectivity index (χ4n) is 0.941. The molecule has 1 atom stereocenters. The van der Waals surface area contributed by atoms with Crippen LogP contribution in [0.2, 0.25) is 0 Å². The lowest BCUT2D eigenvalue weighted by atomic mass is 10.1. The molecule has 0 fully saturated rings. The van der Waals surface area contributed by atoms with Crippen molar-refractivity contribution in [2.75, 3.05) is 6.61 Å². The van der Waals surface area contributed by atoms with Crippen molar-refractivity contribution in [2.24, 2.45) is 5.92 Å². The molecule has 0 aliphatic heterocycles. The molecule has 0 spiro atoms. The monoisotopic (exact) mass is 190 g/mol. The molecule has 0 saturated carbocycles. The summed E-state index contributed by atoms with van der Waals surface area (Å²) in [5.41, 5.74) is 0.496. The van der Waals surface area contributed by atoms with Gasteiger partial charge in [-0.15, -0.1) is 0 Å². The topological polar surface area (TPSA) is 45.9 Å². The van der Waals surface area contributed by atoms with Gasteiger partial charge in [0.05, 0.1) is 6.61 Å². The van der Waals surface area contributed by atoms with E-state index < -0.39 is 0 Å². The van der Waals surface area contributed by atoms with Gasteiger partial charge in [0, 0.05) is 12.4 Å². The molecule has 0 radical (unpaired) electrons. The number of pyridine rings is 1. The van der Waals surface area contributed by atoms with Crippen LogP contribution in [-0.4, -0.2) is 11.6 Å². The highest BCUT2D eigenvalue weighted by atomic mass is 16.5. The molecule has 1 heterocycles. The zero-order valence-electron chi connectivity index (χ0n) is 8.53. The van der Waals surface area contributed by atoms with Gasteiger partial charge in [0.25, 0.3) is 0 Å². The molecule has 0 amide bonds. The van der Waals surface area contributed by atoms with Crippen LogP contribution in [0.3, 0.4) is 0 Å². The lowest BCUT2D eigenvalue weighted by Crippen LogP contribution is -2.08. The second-order valence-corrected chi connectivity index (χ2v) is 3.31. The Morgan fingerprint density at radius 1 is 1.64 bits per heavy atom. The van der Waals surface area contributed by atoms with Crippen molar-refractivity contribution >= 4 is 0 Å². The van der Waals surface area contributed by atoms with Gasteiger partial charge in [-0.25, -0.2) is 0 Å². The standard InChI is InChI=1S/C11H14N2O/c1-3-9(2)8-14-11-4-5-13-7-10(11)6-12/h4-5,7,9H,3,8H2,1-2H3. The molecule has 14 heavy (non-hydrogen) atoms. The Hall–Kier alpha value is -1.56. The minimum Gasteiger partial charge on any atom is -0.492 e. The molecule has 0 saturated heterocycles. The molecule has 0 aromatic carbocycles. The number of aromatic nitrogens is 1. The fraction of sp³-hybridized carbons (Fsp3) is 0.455. The molecule has 3 nitrogen and oxygen atoms in total. The molecule has 0 N–H and O–H groups in total. The second kappa shape index (κ2) is 5.23. The maximum Gasteiger partial charge on any atom is 0.140 e. The van der Waals surface area contributed by atoms with Crippen LogP contribution in [0.4, 0.5) is 0 Å². The molecule has 1 rings (SSSR count). The van der Waals surface area contributed by atoms with E-state index in [-0.39, 0.29) is 0 Å².